The van der Waals surface area contributed by atoms with E-state index in [1.165, 1.54) is 167 Å². The van der Waals surface area contributed by atoms with E-state index in [-0.39, 0.29) is 38.6 Å². The summed E-state index contributed by atoms with van der Waals surface area (Å²) in [5.41, 5.74) is 5.39. The van der Waals surface area contributed by atoms with Gasteiger partial charge in [0.05, 0.1) is 13.2 Å². The number of unbranched alkanes of at least 4 members (excludes halogenated alkanes) is 31. The molecule has 78 heavy (non-hydrogen) atoms. The molecule has 0 fully saturated rings. The Labute approximate surface area is 480 Å². The second kappa shape index (κ2) is 63.1. The lowest BCUT2D eigenvalue weighted by Gasteiger charge is -2.19. The molecule has 0 bridgehead atoms. The average Bonchev–Trinajstić information content (AvgIpc) is 3.43. The fourth-order valence-electron chi connectivity index (χ4n) is 9.01. The van der Waals surface area contributed by atoms with Crippen LogP contribution < -0.4 is 5.73 Å². The number of allylic oxidation sites excluding steroid dienone is 16. The molecule has 0 rings (SSSR count). The van der Waals surface area contributed by atoms with E-state index in [0.29, 0.717) is 6.42 Å². The minimum atomic E-state index is -4.39. The quantitative estimate of drug-likeness (QED) is 0.0264. The van der Waals surface area contributed by atoms with Crippen LogP contribution in [0.15, 0.2) is 97.2 Å². The minimum Gasteiger partial charge on any atom is -0.462 e. The summed E-state index contributed by atoms with van der Waals surface area (Å²) >= 11 is 0. The van der Waals surface area contributed by atoms with E-state index in [0.717, 1.165) is 89.9 Å². The van der Waals surface area contributed by atoms with Crippen LogP contribution in [0.4, 0.5) is 0 Å². The lowest BCUT2D eigenvalue weighted by molar-refractivity contribution is -0.161. The third-order valence-electron chi connectivity index (χ3n) is 13.7. The highest BCUT2D eigenvalue weighted by Gasteiger charge is 2.26. The molecule has 0 aliphatic heterocycles. The van der Waals surface area contributed by atoms with Gasteiger partial charge in [-0.1, -0.05) is 297 Å². The molecule has 0 radical (unpaired) electrons. The van der Waals surface area contributed by atoms with Crippen molar-refractivity contribution in [1.29, 1.82) is 0 Å². The molecule has 0 saturated carbocycles. The van der Waals surface area contributed by atoms with Crippen molar-refractivity contribution in [2.45, 2.75) is 296 Å². The number of phosphoric acid groups is 1. The number of carbonyl (C=O) groups excluding carboxylic acids is 2. The van der Waals surface area contributed by atoms with Crippen LogP contribution in [0.5, 0.6) is 0 Å². The Balaban J connectivity index is 3.89. The zero-order chi connectivity index (χ0) is 56.6. The summed E-state index contributed by atoms with van der Waals surface area (Å²) in [5.74, 6) is -0.819. The molecule has 0 heterocycles. The lowest BCUT2D eigenvalue weighted by atomic mass is 10.0. The Kier molecular flexibility index (Phi) is 60.6. The number of nitrogens with two attached hydrogens (primary N) is 1. The van der Waals surface area contributed by atoms with Crippen LogP contribution in [-0.2, 0) is 32.7 Å². The highest BCUT2D eigenvalue weighted by Crippen LogP contribution is 2.43. The zero-order valence-corrected chi connectivity index (χ0v) is 51.3. The van der Waals surface area contributed by atoms with Crippen molar-refractivity contribution in [3.63, 3.8) is 0 Å². The van der Waals surface area contributed by atoms with Gasteiger partial charge in [0.25, 0.3) is 0 Å². The molecule has 0 aromatic carbocycles. The molecular formula is C68H120NO8P. The van der Waals surface area contributed by atoms with Gasteiger partial charge in [-0.2, -0.15) is 0 Å². The standard InChI is InChI=1S/C68H120NO8P/c1-3-5-7-9-11-13-15-17-19-21-23-24-25-26-27-28-29-30-31-32-33-34-35-36-37-38-39-40-41-42-43-45-47-49-51-53-55-57-59-61-68(71)77-66(65-76-78(72,73)75-63-62-69)64-74-67(70)60-58-56-54-52-50-48-46-44-22-20-18-16-14-12-10-8-6-4-2/h5,7,11,13,17,19,23-24,26-27,29-30,32-33,35-36,66H,3-4,6,8-10,12,14-16,18,20-22,25,28,31,34,37-65,69H2,1-2H3,(H,72,73)/b7-5-,13-11-,19-17-,24-23-,27-26-,30-29-,33-32-,36-35-. The third kappa shape index (κ3) is 62.1. The Morgan fingerprint density at radius 1 is 0.397 bits per heavy atom. The average molecular weight is 1110 g/mol. The summed E-state index contributed by atoms with van der Waals surface area (Å²) in [4.78, 5) is 35.2. The first-order valence-electron chi connectivity index (χ1n) is 32.2. The van der Waals surface area contributed by atoms with Crippen LogP contribution >= 0.6 is 7.82 Å². The number of esters is 2. The molecule has 450 valence electrons. The highest BCUT2D eigenvalue weighted by molar-refractivity contribution is 7.47. The molecule has 0 aromatic heterocycles. The van der Waals surface area contributed by atoms with Crippen LogP contribution in [0.1, 0.15) is 290 Å². The van der Waals surface area contributed by atoms with Crippen molar-refractivity contribution in [3.8, 4) is 0 Å². The maximum Gasteiger partial charge on any atom is 0.472 e. The molecule has 10 heteroatoms. The molecule has 0 aromatic rings. The first kappa shape index (κ1) is 74.9. The van der Waals surface area contributed by atoms with Gasteiger partial charge < -0.3 is 20.1 Å². The first-order chi connectivity index (χ1) is 38.3. The van der Waals surface area contributed by atoms with Crippen molar-refractivity contribution in [2.24, 2.45) is 5.73 Å². The number of hydrogen-bond acceptors (Lipinski definition) is 8. The van der Waals surface area contributed by atoms with Gasteiger partial charge in [0, 0.05) is 19.4 Å². The van der Waals surface area contributed by atoms with Crippen molar-refractivity contribution >= 4 is 19.8 Å². The third-order valence-corrected chi connectivity index (χ3v) is 14.7. The van der Waals surface area contributed by atoms with Crippen molar-refractivity contribution in [3.05, 3.63) is 97.2 Å². The summed E-state index contributed by atoms with van der Waals surface area (Å²) in [6, 6.07) is 0. The largest absolute Gasteiger partial charge is 0.472 e. The van der Waals surface area contributed by atoms with Gasteiger partial charge in [-0.15, -0.1) is 0 Å². The summed E-state index contributed by atoms with van der Waals surface area (Å²) in [7, 11) is -4.39. The van der Waals surface area contributed by atoms with Crippen molar-refractivity contribution < 1.29 is 37.6 Å². The van der Waals surface area contributed by atoms with E-state index in [2.05, 4.69) is 111 Å². The second-order valence-corrected chi connectivity index (χ2v) is 22.7. The molecule has 0 saturated heterocycles. The number of phosphoric ester groups is 1. The molecule has 2 unspecified atom stereocenters. The van der Waals surface area contributed by atoms with Gasteiger partial charge in [0.1, 0.15) is 6.61 Å². The predicted octanol–water partition coefficient (Wildman–Crippen LogP) is 20.8. The fourth-order valence-corrected chi connectivity index (χ4v) is 9.77. The Hall–Kier alpha value is -3.07. The van der Waals surface area contributed by atoms with Crippen molar-refractivity contribution in [2.75, 3.05) is 26.4 Å². The first-order valence-corrected chi connectivity index (χ1v) is 33.7. The van der Waals surface area contributed by atoms with Gasteiger partial charge >= 0.3 is 19.8 Å². The monoisotopic (exact) mass is 1110 g/mol. The maximum atomic E-state index is 12.7. The molecule has 0 spiro atoms. The number of rotatable bonds is 60. The van der Waals surface area contributed by atoms with E-state index in [1.54, 1.807) is 0 Å². The smallest absolute Gasteiger partial charge is 0.462 e. The fraction of sp³-hybridized carbons (Fsp3) is 0.735. The van der Waals surface area contributed by atoms with Crippen LogP contribution in [0, 0.1) is 0 Å². The molecule has 3 N–H and O–H groups in total. The summed E-state index contributed by atoms with van der Waals surface area (Å²) in [6.07, 6.45) is 84.8. The number of hydrogen-bond donors (Lipinski definition) is 2. The molecule has 0 aliphatic carbocycles. The van der Waals surface area contributed by atoms with Gasteiger partial charge in [-0.05, 0) is 77.0 Å². The van der Waals surface area contributed by atoms with Gasteiger partial charge in [-0.25, -0.2) is 4.57 Å². The molecule has 0 amide bonds. The van der Waals surface area contributed by atoms with Gasteiger partial charge in [0.2, 0.25) is 0 Å². The van der Waals surface area contributed by atoms with Crippen LogP contribution in [-0.4, -0.2) is 49.3 Å². The van der Waals surface area contributed by atoms with E-state index >= 15 is 0 Å². The topological polar surface area (TPSA) is 134 Å². The minimum absolute atomic E-state index is 0.0522. The number of carbonyl (C=O) groups is 2. The molecule has 2 atom stereocenters. The summed E-state index contributed by atoms with van der Waals surface area (Å²) < 4.78 is 33.1. The second-order valence-electron chi connectivity index (χ2n) is 21.3. The lowest BCUT2D eigenvalue weighted by Crippen LogP contribution is -2.29. The Morgan fingerprint density at radius 3 is 1.05 bits per heavy atom. The van der Waals surface area contributed by atoms with Gasteiger partial charge in [0.15, 0.2) is 6.10 Å². The molecular weight excluding hydrogens is 990 g/mol. The SMILES string of the molecule is CC/C=C\C/C=C\C/C=C\C/C=C\C/C=C\C/C=C\C/C=C\C/C=C\CCCCCCCCCCCCCCCCC(=O)OC(COC(=O)CCCCCCCCCCCCCCCCCCCC)COP(=O)(O)OCCN. The molecule has 0 aliphatic rings. The normalized spacial score (nSPS) is 13.6. The van der Waals surface area contributed by atoms with Crippen LogP contribution in [0.2, 0.25) is 0 Å². The highest BCUT2D eigenvalue weighted by atomic mass is 31.2. The van der Waals surface area contributed by atoms with Crippen LogP contribution in [0.3, 0.4) is 0 Å². The Morgan fingerprint density at radius 2 is 0.705 bits per heavy atom. The van der Waals surface area contributed by atoms with E-state index in [9.17, 15) is 19.0 Å². The van der Waals surface area contributed by atoms with E-state index < -0.39 is 26.5 Å². The number of ether oxygens (including phenoxy) is 2. The van der Waals surface area contributed by atoms with E-state index in [1.807, 2.05) is 0 Å². The summed E-state index contributed by atoms with van der Waals surface area (Å²) in [6.45, 7) is 3.66. The summed E-state index contributed by atoms with van der Waals surface area (Å²) in [5, 5.41) is 0. The van der Waals surface area contributed by atoms with Gasteiger partial charge in [-0.3, -0.25) is 18.6 Å². The zero-order valence-electron chi connectivity index (χ0n) is 50.4. The molecule has 9 nitrogen and oxygen atoms in total. The van der Waals surface area contributed by atoms with E-state index in [4.69, 9.17) is 24.3 Å². The van der Waals surface area contributed by atoms with Crippen LogP contribution in [0.25, 0.3) is 0 Å². The van der Waals surface area contributed by atoms with Crippen molar-refractivity contribution in [1.82, 2.24) is 0 Å². The Bertz CT molecular complexity index is 1600. The predicted molar refractivity (Wildman–Crippen MR) is 335 cm³/mol. The maximum absolute atomic E-state index is 12.7.